The zero-order chi connectivity index (χ0) is 18.6. The smallest absolute Gasteiger partial charge is 0.241 e. The van der Waals surface area contributed by atoms with E-state index in [2.05, 4.69) is 76.4 Å². The van der Waals surface area contributed by atoms with Crippen molar-refractivity contribution in [1.29, 1.82) is 0 Å². The summed E-state index contributed by atoms with van der Waals surface area (Å²) in [6.07, 6.45) is 2.39. The van der Waals surface area contributed by atoms with E-state index in [0.717, 1.165) is 18.7 Å². The maximum Gasteiger partial charge on any atom is 0.241 e. The van der Waals surface area contributed by atoms with Crippen molar-refractivity contribution < 1.29 is 4.52 Å². The van der Waals surface area contributed by atoms with Crippen LogP contribution in [-0.4, -0.2) is 41.2 Å². The van der Waals surface area contributed by atoms with Gasteiger partial charge in [0.2, 0.25) is 11.7 Å². The molecule has 2 heterocycles. The van der Waals surface area contributed by atoms with Crippen molar-refractivity contribution in [1.82, 2.24) is 15.0 Å². The number of piperidine rings is 1. The van der Waals surface area contributed by atoms with Crippen LogP contribution in [0.5, 0.6) is 0 Å². The van der Waals surface area contributed by atoms with E-state index in [-0.39, 0.29) is 0 Å². The van der Waals surface area contributed by atoms with Crippen LogP contribution in [0.3, 0.4) is 0 Å². The van der Waals surface area contributed by atoms with Gasteiger partial charge in [-0.05, 0) is 45.0 Å². The molecule has 2 aromatic carbocycles. The van der Waals surface area contributed by atoms with Crippen molar-refractivity contribution >= 4 is 5.69 Å². The first-order valence-corrected chi connectivity index (χ1v) is 9.59. The predicted octanol–water partition coefficient (Wildman–Crippen LogP) is 4.15. The van der Waals surface area contributed by atoms with Gasteiger partial charge in [0, 0.05) is 30.4 Å². The average molecular weight is 362 g/mol. The Labute approximate surface area is 160 Å². The third kappa shape index (κ3) is 4.19. The normalized spacial score (nSPS) is 17.4. The lowest BCUT2D eigenvalue weighted by Crippen LogP contribution is -2.46. The van der Waals surface area contributed by atoms with Gasteiger partial charge in [-0.15, -0.1) is 0 Å². The molecule has 1 aliphatic heterocycles. The Kier molecular flexibility index (Phi) is 5.21. The molecular formula is C22H26N4O. The monoisotopic (exact) mass is 362 g/mol. The number of aryl methyl sites for hydroxylation is 1. The van der Waals surface area contributed by atoms with Gasteiger partial charge in [-0.2, -0.15) is 4.98 Å². The van der Waals surface area contributed by atoms with E-state index >= 15 is 0 Å². The minimum absolute atomic E-state index is 0.480. The number of benzene rings is 2. The molecule has 0 amide bonds. The maximum absolute atomic E-state index is 5.52. The van der Waals surface area contributed by atoms with Gasteiger partial charge < -0.3 is 9.42 Å². The van der Waals surface area contributed by atoms with Crippen LogP contribution in [0.15, 0.2) is 59.1 Å². The second-order valence-electron chi connectivity index (χ2n) is 7.37. The second kappa shape index (κ2) is 7.92. The Hall–Kier alpha value is -2.66. The highest BCUT2D eigenvalue weighted by Gasteiger charge is 2.24. The van der Waals surface area contributed by atoms with Gasteiger partial charge in [0.1, 0.15) is 0 Å². The van der Waals surface area contributed by atoms with E-state index in [0.29, 0.717) is 24.3 Å². The van der Waals surface area contributed by atoms with E-state index in [1.165, 1.54) is 24.1 Å². The lowest BCUT2D eigenvalue weighted by Gasteiger charge is -2.38. The molecule has 4 rings (SSSR count). The van der Waals surface area contributed by atoms with Crippen LogP contribution >= 0.6 is 0 Å². The molecule has 1 fully saturated rings. The lowest BCUT2D eigenvalue weighted by atomic mass is 10.0. The summed E-state index contributed by atoms with van der Waals surface area (Å²) in [7, 11) is 2.15. The number of likely N-dealkylation sites (N-methyl/N-ethyl adjacent to an activating group) is 1. The molecule has 140 valence electrons. The molecule has 0 bridgehead atoms. The third-order valence-corrected chi connectivity index (χ3v) is 5.27. The number of anilines is 1. The first-order chi connectivity index (χ1) is 13.2. The Morgan fingerprint density at radius 3 is 2.81 bits per heavy atom. The van der Waals surface area contributed by atoms with Crippen LogP contribution < -0.4 is 4.90 Å². The Morgan fingerprint density at radius 2 is 2.00 bits per heavy atom. The Morgan fingerprint density at radius 1 is 1.15 bits per heavy atom. The summed E-state index contributed by atoms with van der Waals surface area (Å²) in [5.74, 6) is 1.34. The van der Waals surface area contributed by atoms with E-state index in [4.69, 9.17) is 4.52 Å². The second-order valence-corrected chi connectivity index (χ2v) is 7.37. The predicted molar refractivity (Wildman–Crippen MR) is 108 cm³/mol. The quantitative estimate of drug-likeness (QED) is 0.682. The van der Waals surface area contributed by atoms with E-state index in [1.54, 1.807) is 0 Å². The van der Waals surface area contributed by atoms with Crippen LogP contribution in [0.4, 0.5) is 5.69 Å². The van der Waals surface area contributed by atoms with Crippen LogP contribution in [0.1, 0.15) is 24.3 Å². The van der Waals surface area contributed by atoms with Crippen molar-refractivity contribution in [2.45, 2.75) is 32.4 Å². The van der Waals surface area contributed by atoms with Gasteiger partial charge >= 0.3 is 0 Å². The molecule has 5 nitrogen and oxygen atoms in total. The lowest BCUT2D eigenvalue weighted by molar-refractivity contribution is 0.184. The van der Waals surface area contributed by atoms with Gasteiger partial charge in [0.25, 0.3) is 0 Å². The molecule has 0 spiro atoms. The van der Waals surface area contributed by atoms with Crippen molar-refractivity contribution in [3.8, 4) is 11.4 Å². The van der Waals surface area contributed by atoms with Crippen molar-refractivity contribution in [3.05, 3.63) is 66.1 Å². The van der Waals surface area contributed by atoms with Gasteiger partial charge in [-0.1, -0.05) is 47.1 Å². The maximum atomic E-state index is 5.52. The van der Waals surface area contributed by atoms with Crippen LogP contribution in [0.2, 0.25) is 0 Å². The van der Waals surface area contributed by atoms with Gasteiger partial charge in [-0.3, -0.25) is 4.90 Å². The van der Waals surface area contributed by atoms with Crippen molar-refractivity contribution in [2.75, 3.05) is 25.0 Å². The molecule has 5 heteroatoms. The number of aromatic nitrogens is 2. The number of nitrogens with zero attached hydrogens (tertiary/aromatic N) is 4. The van der Waals surface area contributed by atoms with Crippen LogP contribution in [-0.2, 0) is 6.54 Å². The molecular weight excluding hydrogens is 336 g/mol. The molecule has 0 unspecified atom stereocenters. The van der Waals surface area contributed by atoms with Gasteiger partial charge in [0.15, 0.2) is 0 Å². The zero-order valence-electron chi connectivity index (χ0n) is 16.0. The molecule has 1 aliphatic rings. The molecule has 0 N–H and O–H groups in total. The Bertz CT molecular complexity index is 877. The minimum Gasteiger partial charge on any atom is -0.370 e. The molecule has 0 radical (unpaired) electrons. The molecule has 0 aliphatic carbocycles. The van der Waals surface area contributed by atoms with Crippen molar-refractivity contribution in [3.63, 3.8) is 0 Å². The van der Waals surface area contributed by atoms with Crippen LogP contribution in [0.25, 0.3) is 11.4 Å². The first-order valence-electron chi connectivity index (χ1n) is 9.59. The van der Waals surface area contributed by atoms with Gasteiger partial charge in [-0.25, -0.2) is 0 Å². The largest absolute Gasteiger partial charge is 0.370 e. The Balaban J connectivity index is 1.41. The highest BCUT2D eigenvalue weighted by atomic mass is 16.5. The fourth-order valence-electron chi connectivity index (χ4n) is 3.75. The standard InChI is InChI=1S/C22H26N4O/c1-17-8-6-9-18(14-17)22-23-21(27-24-22)16-25(2)20-12-7-13-26(15-20)19-10-4-3-5-11-19/h3-6,8-11,14,20H,7,12-13,15-16H2,1-2H3/t20-/m0/s1. The summed E-state index contributed by atoms with van der Waals surface area (Å²) < 4.78 is 5.52. The fraction of sp³-hybridized carbons (Fsp3) is 0.364. The van der Waals surface area contributed by atoms with Gasteiger partial charge in [0.05, 0.1) is 6.54 Å². The number of hydrogen-bond donors (Lipinski definition) is 0. The summed E-state index contributed by atoms with van der Waals surface area (Å²) in [4.78, 5) is 9.41. The number of para-hydroxylation sites is 1. The zero-order valence-corrected chi connectivity index (χ0v) is 16.0. The van der Waals surface area contributed by atoms with E-state index in [9.17, 15) is 0 Å². The summed E-state index contributed by atoms with van der Waals surface area (Å²) in [6, 6.07) is 19.3. The number of hydrogen-bond acceptors (Lipinski definition) is 5. The molecule has 27 heavy (non-hydrogen) atoms. The molecule has 1 atom stereocenters. The van der Waals surface area contributed by atoms with Crippen molar-refractivity contribution in [2.24, 2.45) is 0 Å². The highest BCUT2D eigenvalue weighted by molar-refractivity contribution is 5.55. The summed E-state index contributed by atoms with van der Waals surface area (Å²) in [5, 5.41) is 4.17. The summed E-state index contributed by atoms with van der Waals surface area (Å²) in [6.45, 7) is 4.89. The summed E-state index contributed by atoms with van der Waals surface area (Å²) in [5.41, 5.74) is 3.50. The average Bonchev–Trinajstić information content (AvgIpc) is 3.17. The number of rotatable bonds is 5. The van der Waals surface area contributed by atoms with Crippen LogP contribution in [0, 0.1) is 6.92 Å². The SMILES string of the molecule is Cc1cccc(-c2noc(CN(C)[C@H]3CCCN(c4ccccc4)C3)n2)c1. The minimum atomic E-state index is 0.480. The fourth-order valence-corrected chi connectivity index (χ4v) is 3.75. The molecule has 1 saturated heterocycles. The molecule has 0 saturated carbocycles. The molecule has 1 aromatic heterocycles. The molecule has 3 aromatic rings. The first kappa shape index (κ1) is 17.7. The topological polar surface area (TPSA) is 45.4 Å². The summed E-state index contributed by atoms with van der Waals surface area (Å²) >= 11 is 0. The third-order valence-electron chi connectivity index (χ3n) is 5.27. The van der Waals surface area contributed by atoms with E-state index in [1.807, 2.05) is 12.1 Å². The highest BCUT2D eigenvalue weighted by Crippen LogP contribution is 2.23. The van der Waals surface area contributed by atoms with E-state index < -0.39 is 0 Å².